The van der Waals surface area contributed by atoms with Gasteiger partial charge in [-0.2, -0.15) is 0 Å². The molecule has 1 atom stereocenters. The van der Waals surface area contributed by atoms with Crippen LogP contribution in [0.3, 0.4) is 0 Å². The summed E-state index contributed by atoms with van der Waals surface area (Å²) in [6.45, 7) is 11.1. The van der Waals surface area contributed by atoms with Crippen LogP contribution in [0.4, 0.5) is 0 Å². The van der Waals surface area contributed by atoms with Crippen LogP contribution in [0.5, 0.6) is 0 Å². The van der Waals surface area contributed by atoms with Crippen molar-refractivity contribution in [2.24, 2.45) is 0 Å². The van der Waals surface area contributed by atoms with Gasteiger partial charge in [0.1, 0.15) is 0 Å². The van der Waals surface area contributed by atoms with Crippen molar-refractivity contribution in [1.82, 2.24) is 0 Å². The molecule has 1 heterocycles. The van der Waals surface area contributed by atoms with Crippen LogP contribution >= 0.6 is 0 Å². The Hall–Kier alpha value is -0.0400. The van der Waals surface area contributed by atoms with E-state index in [1.807, 2.05) is 27.7 Å². The second-order valence-corrected chi connectivity index (χ2v) is 2.18. The molecule has 0 saturated carbocycles. The standard InChI is InChI=1S/C6H12O.2C2H6/c1-6-4-2-3-5-7-6;2*1-2/h6H,2-5H2,1H3;2*1-2H3. The summed E-state index contributed by atoms with van der Waals surface area (Å²) in [7, 11) is 0. The molecule has 1 aliphatic heterocycles. The first kappa shape index (κ1) is 13.5. The summed E-state index contributed by atoms with van der Waals surface area (Å²) in [5, 5.41) is 0. The van der Waals surface area contributed by atoms with Crippen molar-refractivity contribution in [3.05, 3.63) is 0 Å². The Labute approximate surface area is 72.1 Å². The minimum atomic E-state index is 0.536. The molecule has 1 rings (SSSR count). The van der Waals surface area contributed by atoms with Crippen LogP contribution in [0.1, 0.15) is 53.9 Å². The summed E-state index contributed by atoms with van der Waals surface area (Å²) in [5.74, 6) is 0. The number of rotatable bonds is 0. The zero-order chi connectivity index (χ0) is 9.11. The van der Waals surface area contributed by atoms with Gasteiger partial charge in [-0.15, -0.1) is 0 Å². The van der Waals surface area contributed by atoms with E-state index in [4.69, 9.17) is 4.74 Å². The Morgan fingerprint density at radius 1 is 1.00 bits per heavy atom. The first-order chi connectivity index (χ1) is 5.39. The van der Waals surface area contributed by atoms with Crippen LogP contribution in [-0.4, -0.2) is 12.7 Å². The minimum Gasteiger partial charge on any atom is -0.379 e. The van der Waals surface area contributed by atoms with Crippen LogP contribution in [0.15, 0.2) is 0 Å². The van der Waals surface area contributed by atoms with Gasteiger partial charge in [0.05, 0.1) is 6.10 Å². The van der Waals surface area contributed by atoms with Crippen LogP contribution in [0.25, 0.3) is 0 Å². The average molecular weight is 160 g/mol. The summed E-state index contributed by atoms with van der Waals surface area (Å²) < 4.78 is 5.28. The molecule has 70 valence electrons. The second kappa shape index (κ2) is 12.6. The minimum absolute atomic E-state index is 0.536. The van der Waals surface area contributed by atoms with Gasteiger partial charge in [0.15, 0.2) is 0 Å². The van der Waals surface area contributed by atoms with Gasteiger partial charge in [-0.3, -0.25) is 0 Å². The van der Waals surface area contributed by atoms with Crippen LogP contribution in [0, 0.1) is 0 Å². The van der Waals surface area contributed by atoms with Crippen molar-refractivity contribution in [1.29, 1.82) is 0 Å². The van der Waals surface area contributed by atoms with Gasteiger partial charge in [0.25, 0.3) is 0 Å². The fourth-order valence-corrected chi connectivity index (χ4v) is 0.902. The molecule has 1 unspecified atom stereocenters. The fraction of sp³-hybridized carbons (Fsp3) is 1.00. The highest BCUT2D eigenvalue weighted by molar-refractivity contribution is 4.55. The van der Waals surface area contributed by atoms with E-state index in [9.17, 15) is 0 Å². The predicted octanol–water partition coefficient (Wildman–Crippen LogP) is 3.63. The van der Waals surface area contributed by atoms with E-state index < -0.39 is 0 Å². The lowest BCUT2D eigenvalue weighted by atomic mass is 10.1. The van der Waals surface area contributed by atoms with Crippen molar-refractivity contribution in [2.45, 2.75) is 60.0 Å². The maximum Gasteiger partial charge on any atom is 0.0547 e. The Morgan fingerprint density at radius 3 is 1.73 bits per heavy atom. The molecule has 0 aromatic heterocycles. The molecule has 1 heteroatoms. The molecule has 11 heavy (non-hydrogen) atoms. The third kappa shape index (κ3) is 9.96. The molecular formula is C10H24O. The Bertz CT molecular complexity index is 46.8. The van der Waals surface area contributed by atoms with E-state index >= 15 is 0 Å². The highest BCUT2D eigenvalue weighted by Gasteiger charge is 2.05. The summed E-state index contributed by atoms with van der Waals surface area (Å²) in [6, 6.07) is 0. The number of hydrogen-bond donors (Lipinski definition) is 0. The molecule has 1 fully saturated rings. The third-order valence-electron chi connectivity index (χ3n) is 1.41. The van der Waals surface area contributed by atoms with Gasteiger partial charge in [-0.1, -0.05) is 27.7 Å². The highest BCUT2D eigenvalue weighted by Crippen LogP contribution is 2.10. The maximum atomic E-state index is 5.28. The van der Waals surface area contributed by atoms with E-state index in [0.717, 1.165) is 6.61 Å². The Morgan fingerprint density at radius 2 is 1.55 bits per heavy atom. The molecule has 1 saturated heterocycles. The van der Waals surface area contributed by atoms with E-state index in [-0.39, 0.29) is 0 Å². The summed E-state index contributed by atoms with van der Waals surface area (Å²) in [5.41, 5.74) is 0. The topological polar surface area (TPSA) is 9.23 Å². The smallest absolute Gasteiger partial charge is 0.0547 e. The lowest BCUT2D eigenvalue weighted by Crippen LogP contribution is -2.14. The molecule has 0 N–H and O–H groups in total. The molecule has 0 spiro atoms. The zero-order valence-corrected chi connectivity index (χ0v) is 8.81. The normalized spacial score (nSPS) is 22.1. The van der Waals surface area contributed by atoms with Gasteiger partial charge >= 0.3 is 0 Å². The molecule has 0 aromatic rings. The lowest BCUT2D eigenvalue weighted by Gasteiger charge is -2.17. The second-order valence-electron chi connectivity index (χ2n) is 2.18. The molecule has 0 bridgehead atoms. The number of hydrogen-bond acceptors (Lipinski definition) is 1. The van der Waals surface area contributed by atoms with Gasteiger partial charge in [0, 0.05) is 6.61 Å². The van der Waals surface area contributed by atoms with Gasteiger partial charge in [0.2, 0.25) is 0 Å². The van der Waals surface area contributed by atoms with E-state index in [1.54, 1.807) is 0 Å². The van der Waals surface area contributed by atoms with Crippen LogP contribution in [-0.2, 0) is 4.74 Å². The predicted molar refractivity (Wildman–Crippen MR) is 52.0 cm³/mol. The molecule has 0 aliphatic carbocycles. The van der Waals surface area contributed by atoms with Crippen molar-refractivity contribution < 1.29 is 4.74 Å². The summed E-state index contributed by atoms with van der Waals surface area (Å²) in [6.07, 6.45) is 4.43. The quantitative estimate of drug-likeness (QED) is 0.526. The maximum absolute atomic E-state index is 5.28. The highest BCUT2D eigenvalue weighted by atomic mass is 16.5. The van der Waals surface area contributed by atoms with Gasteiger partial charge < -0.3 is 4.74 Å². The van der Waals surface area contributed by atoms with Crippen molar-refractivity contribution in [3.63, 3.8) is 0 Å². The largest absolute Gasteiger partial charge is 0.379 e. The summed E-state index contributed by atoms with van der Waals surface area (Å²) in [4.78, 5) is 0. The van der Waals surface area contributed by atoms with Crippen molar-refractivity contribution in [2.75, 3.05) is 6.61 Å². The molecule has 0 aromatic carbocycles. The van der Waals surface area contributed by atoms with Crippen molar-refractivity contribution >= 4 is 0 Å². The lowest BCUT2D eigenvalue weighted by molar-refractivity contribution is 0.0285. The Balaban J connectivity index is 0. The monoisotopic (exact) mass is 160 g/mol. The van der Waals surface area contributed by atoms with E-state index in [1.165, 1.54) is 19.3 Å². The number of ether oxygens (including phenoxy) is 1. The first-order valence-electron chi connectivity index (χ1n) is 5.01. The Kier molecular flexibility index (Phi) is 15.5. The molecule has 1 nitrogen and oxygen atoms in total. The van der Waals surface area contributed by atoms with E-state index in [0.29, 0.717) is 6.10 Å². The summed E-state index contributed by atoms with van der Waals surface area (Å²) >= 11 is 0. The SMILES string of the molecule is CC.CC.CC1CCCCO1. The average Bonchev–Trinajstić information content (AvgIpc) is 2.13. The third-order valence-corrected chi connectivity index (χ3v) is 1.41. The zero-order valence-electron chi connectivity index (χ0n) is 8.81. The fourth-order valence-electron chi connectivity index (χ4n) is 0.902. The van der Waals surface area contributed by atoms with Crippen LogP contribution in [0.2, 0.25) is 0 Å². The molecular weight excluding hydrogens is 136 g/mol. The van der Waals surface area contributed by atoms with Gasteiger partial charge in [-0.05, 0) is 26.2 Å². The molecule has 1 aliphatic rings. The van der Waals surface area contributed by atoms with E-state index in [2.05, 4.69) is 6.92 Å². The van der Waals surface area contributed by atoms with Crippen LogP contribution < -0.4 is 0 Å². The first-order valence-corrected chi connectivity index (χ1v) is 5.01. The molecule has 0 radical (unpaired) electrons. The van der Waals surface area contributed by atoms with Gasteiger partial charge in [-0.25, -0.2) is 0 Å². The molecule has 0 amide bonds. The van der Waals surface area contributed by atoms with Crippen molar-refractivity contribution in [3.8, 4) is 0 Å².